The zero-order valence-corrected chi connectivity index (χ0v) is 8.60. The zero-order valence-electron chi connectivity index (χ0n) is 8.60. The van der Waals surface area contributed by atoms with Crippen LogP contribution in [0.5, 0.6) is 0 Å². The molecule has 76 valence electrons. The number of rotatable bonds is 5. The average molecular weight is 184 g/mol. The summed E-state index contributed by atoms with van der Waals surface area (Å²) in [7, 11) is 1.91. The predicted octanol–water partition coefficient (Wildman–Crippen LogP) is 0.901. The SMILES string of the molecule is CNC(C)CNC(=O)CC1CCC1. The Hall–Kier alpha value is -0.570. The van der Waals surface area contributed by atoms with E-state index in [1.807, 2.05) is 7.05 Å². The molecule has 0 bridgehead atoms. The van der Waals surface area contributed by atoms with Crippen LogP contribution < -0.4 is 10.6 Å². The van der Waals surface area contributed by atoms with Gasteiger partial charge in [-0.1, -0.05) is 6.42 Å². The Bertz CT molecular complexity index is 166. The smallest absolute Gasteiger partial charge is 0.220 e. The molecule has 3 heteroatoms. The highest BCUT2D eigenvalue weighted by Gasteiger charge is 2.20. The van der Waals surface area contributed by atoms with Gasteiger partial charge in [0.1, 0.15) is 0 Å². The van der Waals surface area contributed by atoms with Gasteiger partial charge in [0.2, 0.25) is 5.91 Å². The summed E-state index contributed by atoms with van der Waals surface area (Å²) in [5, 5.41) is 6.02. The normalized spacial score (nSPS) is 19.2. The number of carbonyl (C=O) groups excluding carboxylic acids is 1. The van der Waals surface area contributed by atoms with Gasteiger partial charge in [-0.15, -0.1) is 0 Å². The van der Waals surface area contributed by atoms with Crippen LogP contribution in [-0.4, -0.2) is 25.5 Å². The van der Waals surface area contributed by atoms with Gasteiger partial charge in [-0.25, -0.2) is 0 Å². The summed E-state index contributed by atoms with van der Waals surface area (Å²) in [6.07, 6.45) is 4.53. The average Bonchev–Trinajstić information content (AvgIpc) is 2.07. The van der Waals surface area contributed by atoms with Gasteiger partial charge < -0.3 is 10.6 Å². The maximum atomic E-state index is 11.3. The highest BCUT2D eigenvalue weighted by Crippen LogP contribution is 2.28. The lowest BCUT2D eigenvalue weighted by Crippen LogP contribution is -2.38. The largest absolute Gasteiger partial charge is 0.355 e. The van der Waals surface area contributed by atoms with Crippen LogP contribution in [-0.2, 0) is 4.79 Å². The van der Waals surface area contributed by atoms with Crippen LogP contribution in [0.3, 0.4) is 0 Å². The fourth-order valence-corrected chi connectivity index (χ4v) is 1.40. The van der Waals surface area contributed by atoms with Crippen LogP contribution in [0.4, 0.5) is 0 Å². The molecule has 1 aliphatic carbocycles. The van der Waals surface area contributed by atoms with Crippen molar-refractivity contribution >= 4 is 5.91 Å². The molecule has 0 aromatic rings. The van der Waals surface area contributed by atoms with Gasteiger partial charge in [-0.2, -0.15) is 0 Å². The van der Waals surface area contributed by atoms with Crippen molar-refractivity contribution < 1.29 is 4.79 Å². The quantitative estimate of drug-likeness (QED) is 0.666. The maximum Gasteiger partial charge on any atom is 0.220 e. The first-order chi connectivity index (χ1) is 6.22. The first kappa shape index (κ1) is 10.5. The van der Waals surface area contributed by atoms with Gasteiger partial charge in [-0.05, 0) is 32.7 Å². The van der Waals surface area contributed by atoms with Gasteiger partial charge in [0.05, 0.1) is 0 Å². The second-order valence-corrected chi connectivity index (χ2v) is 3.99. The second-order valence-electron chi connectivity index (χ2n) is 3.99. The molecule has 1 amide bonds. The Labute approximate surface area is 80.3 Å². The summed E-state index contributed by atoms with van der Waals surface area (Å²) in [6, 6.07) is 0.366. The minimum absolute atomic E-state index is 0.215. The van der Waals surface area contributed by atoms with Crippen LogP contribution in [0, 0.1) is 5.92 Å². The van der Waals surface area contributed by atoms with Crippen molar-refractivity contribution in [1.29, 1.82) is 0 Å². The number of nitrogens with one attached hydrogen (secondary N) is 2. The molecule has 2 N–H and O–H groups in total. The van der Waals surface area contributed by atoms with E-state index in [-0.39, 0.29) is 5.91 Å². The van der Waals surface area contributed by atoms with Crippen molar-refractivity contribution in [3.63, 3.8) is 0 Å². The third kappa shape index (κ3) is 3.77. The number of hydrogen-bond donors (Lipinski definition) is 2. The molecule has 0 aromatic carbocycles. The highest BCUT2D eigenvalue weighted by atomic mass is 16.1. The van der Waals surface area contributed by atoms with Gasteiger partial charge in [0, 0.05) is 19.0 Å². The third-order valence-corrected chi connectivity index (χ3v) is 2.80. The van der Waals surface area contributed by atoms with Gasteiger partial charge in [0.25, 0.3) is 0 Å². The Morgan fingerprint density at radius 2 is 2.23 bits per heavy atom. The molecule has 0 spiro atoms. The van der Waals surface area contributed by atoms with E-state index in [0.717, 1.165) is 13.0 Å². The van der Waals surface area contributed by atoms with E-state index in [9.17, 15) is 4.79 Å². The van der Waals surface area contributed by atoms with Crippen molar-refractivity contribution in [2.75, 3.05) is 13.6 Å². The molecule has 0 aliphatic heterocycles. The van der Waals surface area contributed by atoms with E-state index in [4.69, 9.17) is 0 Å². The lowest BCUT2D eigenvalue weighted by molar-refractivity contribution is -0.122. The van der Waals surface area contributed by atoms with Crippen LogP contribution >= 0.6 is 0 Å². The zero-order chi connectivity index (χ0) is 9.68. The molecule has 0 aromatic heterocycles. The number of likely N-dealkylation sites (N-methyl/N-ethyl adjacent to an activating group) is 1. The Kier molecular flexibility index (Phi) is 4.22. The summed E-state index contributed by atoms with van der Waals surface area (Å²) in [4.78, 5) is 11.3. The van der Waals surface area contributed by atoms with Crippen molar-refractivity contribution in [2.45, 2.75) is 38.6 Å². The maximum absolute atomic E-state index is 11.3. The van der Waals surface area contributed by atoms with E-state index in [2.05, 4.69) is 17.6 Å². The summed E-state index contributed by atoms with van der Waals surface area (Å²) in [5.41, 5.74) is 0. The number of amides is 1. The standard InChI is InChI=1S/C10H20N2O/c1-8(11-2)7-12-10(13)6-9-4-3-5-9/h8-9,11H,3-7H2,1-2H3,(H,12,13). The molecular weight excluding hydrogens is 164 g/mol. The lowest BCUT2D eigenvalue weighted by Gasteiger charge is -2.24. The number of carbonyl (C=O) groups is 1. The Balaban J connectivity index is 2.03. The Morgan fingerprint density at radius 1 is 1.54 bits per heavy atom. The minimum Gasteiger partial charge on any atom is -0.355 e. The van der Waals surface area contributed by atoms with E-state index in [0.29, 0.717) is 12.0 Å². The van der Waals surface area contributed by atoms with Crippen molar-refractivity contribution in [3.05, 3.63) is 0 Å². The summed E-state index contributed by atoms with van der Waals surface area (Å²) in [6.45, 7) is 2.80. The molecule has 1 rings (SSSR count). The minimum atomic E-state index is 0.215. The molecular formula is C10H20N2O. The first-order valence-corrected chi connectivity index (χ1v) is 5.16. The Morgan fingerprint density at radius 3 is 2.69 bits per heavy atom. The molecule has 1 fully saturated rings. The fraction of sp³-hybridized carbons (Fsp3) is 0.900. The lowest BCUT2D eigenvalue weighted by atomic mass is 9.83. The molecule has 0 heterocycles. The summed E-state index contributed by atoms with van der Waals surface area (Å²) >= 11 is 0. The van der Waals surface area contributed by atoms with Gasteiger partial charge in [-0.3, -0.25) is 4.79 Å². The van der Waals surface area contributed by atoms with Crippen LogP contribution in [0.15, 0.2) is 0 Å². The van der Waals surface area contributed by atoms with Crippen LogP contribution in [0.2, 0.25) is 0 Å². The monoisotopic (exact) mass is 184 g/mol. The predicted molar refractivity (Wildman–Crippen MR) is 53.5 cm³/mol. The van der Waals surface area contributed by atoms with Crippen LogP contribution in [0.25, 0.3) is 0 Å². The molecule has 0 saturated heterocycles. The third-order valence-electron chi connectivity index (χ3n) is 2.80. The van der Waals surface area contributed by atoms with E-state index in [1.165, 1.54) is 19.3 Å². The molecule has 1 aliphatic rings. The molecule has 0 radical (unpaired) electrons. The topological polar surface area (TPSA) is 41.1 Å². The van der Waals surface area contributed by atoms with Gasteiger partial charge >= 0.3 is 0 Å². The number of hydrogen-bond acceptors (Lipinski definition) is 2. The van der Waals surface area contributed by atoms with E-state index in [1.54, 1.807) is 0 Å². The van der Waals surface area contributed by atoms with Crippen molar-refractivity contribution in [1.82, 2.24) is 10.6 Å². The van der Waals surface area contributed by atoms with Crippen molar-refractivity contribution in [2.24, 2.45) is 5.92 Å². The molecule has 13 heavy (non-hydrogen) atoms. The molecule has 1 saturated carbocycles. The molecule has 1 unspecified atom stereocenters. The highest BCUT2D eigenvalue weighted by molar-refractivity contribution is 5.76. The summed E-state index contributed by atoms with van der Waals surface area (Å²) in [5.74, 6) is 0.886. The first-order valence-electron chi connectivity index (χ1n) is 5.16. The van der Waals surface area contributed by atoms with Crippen molar-refractivity contribution in [3.8, 4) is 0 Å². The van der Waals surface area contributed by atoms with E-state index >= 15 is 0 Å². The molecule has 1 atom stereocenters. The fourth-order valence-electron chi connectivity index (χ4n) is 1.40. The summed E-state index contributed by atoms with van der Waals surface area (Å²) < 4.78 is 0. The van der Waals surface area contributed by atoms with E-state index < -0.39 is 0 Å². The molecule has 3 nitrogen and oxygen atoms in total. The van der Waals surface area contributed by atoms with Gasteiger partial charge in [0.15, 0.2) is 0 Å². The van der Waals surface area contributed by atoms with Crippen LogP contribution in [0.1, 0.15) is 32.6 Å². The second kappa shape index (κ2) is 5.22.